The summed E-state index contributed by atoms with van der Waals surface area (Å²) in [4.78, 5) is 0. The third-order valence-corrected chi connectivity index (χ3v) is 3.54. The Kier molecular flexibility index (Phi) is 4.20. The van der Waals surface area contributed by atoms with Gasteiger partial charge in [-0.1, -0.05) is 36.4 Å². The third kappa shape index (κ3) is 3.13. The molecule has 0 aliphatic heterocycles. The Morgan fingerprint density at radius 3 is 2.32 bits per heavy atom. The Bertz CT molecular complexity index is 549. The van der Waals surface area contributed by atoms with Crippen molar-refractivity contribution < 1.29 is 10.2 Å². The Hall–Kier alpha value is -1.42. The van der Waals surface area contributed by atoms with Gasteiger partial charge in [-0.3, -0.25) is 0 Å². The van der Waals surface area contributed by atoms with E-state index in [9.17, 15) is 10.2 Å². The zero-order valence-corrected chi connectivity index (χ0v) is 11.4. The highest BCUT2D eigenvalue weighted by Gasteiger charge is 2.24. The zero-order valence-electron chi connectivity index (χ0n) is 11.4. The van der Waals surface area contributed by atoms with Gasteiger partial charge in [-0.05, 0) is 36.2 Å². The van der Waals surface area contributed by atoms with Crippen molar-refractivity contribution >= 4 is 10.8 Å². The van der Waals surface area contributed by atoms with Crippen LogP contribution < -0.4 is 5.32 Å². The molecule has 0 saturated carbocycles. The van der Waals surface area contributed by atoms with Crippen LogP contribution in [0, 0.1) is 0 Å². The fraction of sp³-hybridized carbons (Fsp3) is 0.375. The van der Waals surface area contributed by atoms with Crippen molar-refractivity contribution in [2.75, 3.05) is 13.2 Å². The number of hydrogen-bond donors (Lipinski definition) is 3. The maximum Gasteiger partial charge on any atom is 0.0633 e. The predicted octanol–water partition coefficient (Wildman–Crippen LogP) is 2.23. The Labute approximate surface area is 113 Å². The molecule has 0 aromatic heterocycles. The van der Waals surface area contributed by atoms with Crippen LogP contribution in [0.1, 0.15) is 25.5 Å². The molecule has 0 heterocycles. The van der Waals surface area contributed by atoms with Crippen LogP contribution in [0.2, 0.25) is 0 Å². The topological polar surface area (TPSA) is 52.5 Å². The summed E-state index contributed by atoms with van der Waals surface area (Å²) in [6, 6.07) is 14.6. The fourth-order valence-corrected chi connectivity index (χ4v) is 2.22. The molecule has 102 valence electrons. The summed E-state index contributed by atoms with van der Waals surface area (Å²) in [5.74, 6) is 0. The maximum atomic E-state index is 9.33. The first kappa shape index (κ1) is 14.0. The molecule has 2 aromatic carbocycles. The molecule has 1 atom stereocenters. The molecule has 0 amide bonds. The third-order valence-electron chi connectivity index (χ3n) is 3.54. The summed E-state index contributed by atoms with van der Waals surface area (Å²) < 4.78 is 0. The van der Waals surface area contributed by atoms with E-state index in [1.807, 2.05) is 26.0 Å². The first-order chi connectivity index (χ1) is 9.08. The molecule has 3 N–H and O–H groups in total. The second-order valence-electron chi connectivity index (χ2n) is 5.35. The average Bonchev–Trinajstić information content (AvgIpc) is 2.46. The highest BCUT2D eigenvalue weighted by atomic mass is 16.3. The number of hydrogen-bond acceptors (Lipinski definition) is 3. The molecular weight excluding hydrogens is 238 g/mol. The van der Waals surface area contributed by atoms with Gasteiger partial charge in [0.25, 0.3) is 0 Å². The number of benzene rings is 2. The number of aliphatic hydroxyl groups excluding tert-OH is 2. The zero-order chi connectivity index (χ0) is 13.9. The van der Waals surface area contributed by atoms with Crippen molar-refractivity contribution in [3.63, 3.8) is 0 Å². The molecule has 2 rings (SSSR count). The quantitative estimate of drug-likeness (QED) is 0.772. The van der Waals surface area contributed by atoms with Crippen LogP contribution in [0.5, 0.6) is 0 Å². The second-order valence-corrected chi connectivity index (χ2v) is 5.35. The van der Waals surface area contributed by atoms with Gasteiger partial charge < -0.3 is 15.5 Å². The predicted molar refractivity (Wildman–Crippen MR) is 78.1 cm³/mol. The Balaban J connectivity index is 2.24. The molecular formula is C16H21NO2. The minimum atomic E-state index is -0.662. The molecule has 0 saturated heterocycles. The van der Waals surface area contributed by atoms with Crippen molar-refractivity contribution in [1.82, 2.24) is 5.32 Å². The Morgan fingerprint density at radius 1 is 1.05 bits per heavy atom. The number of fused-ring (bicyclic) bond motifs is 1. The van der Waals surface area contributed by atoms with Crippen LogP contribution in [0.4, 0.5) is 0 Å². The fourth-order valence-electron chi connectivity index (χ4n) is 2.22. The van der Waals surface area contributed by atoms with E-state index >= 15 is 0 Å². The summed E-state index contributed by atoms with van der Waals surface area (Å²) in [6.07, 6.45) is 0. The van der Waals surface area contributed by atoms with E-state index in [1.165, 1.54) is 10.8 Å². The molecule has 19 heavy (non-hydrogen) atoms. The standard InChI is InChI=1S/C16H21NO2/c1-12(17-16(2,10-18)11-19)14-8-7-13-5-3-4-6-15(13)9-14/h3-9,12,17-19H,10-11H2,1-2H3. The van der Waals surface area contributed by atoms with Gasteiger partial charge in [-0.25, -0.2) is 0 Å². The molecule has 3 heteroatoms. The lowest BCUT2D eigenvalue weighted by Gasteiger charge is -2.30. The van der Waals surface area contributed by atoms with Gasteiger partial charge >= 0.3 is 0 Å². The van der Waals surface area contributed by atoms with E-state index < -0.39 is 5.54 Å². The smallest absolute Gasteiger partial charge is 0.0633 e. The van der Waals surface area contributed by atoms with Crippen LogP contribution in [-0.4, -0.2) is 29.0 Å². The van der Waals surface area contributed by atoms with Gasteiger partial charge in [0, 0.05) is 6.04 Å². The number of rotatable bonds is 5. The second kappa shape index (κ2) is 5.70. The van der Waals surface area contributed by atoms with Gasteiger partial charge in [0.05, 0.1) is 18.8 Å². The molecule has 0 aliphatic carbocycles. The van der Waals surface area contributed by atoms with Crippen LogP contribution in [0.3, 0.4) is 0 Å². The normalized spacial score (nSPS) is 13.7. The van der Waals surface area contributed by atoms with Gasteiger partial charge in [0.2, 0.25) is 0 Å². The molecule has 0 aliphatic rings. The largest absolute Gasteiger partial charge is 0.394 e. The van der Waals surface area contributed by atoms with Crippen molar-refractivity contribution in [2.24, 2.45) is 0 Å². The van der Waals surface area contributed by atoms with E-state index in [-0.39, 0.29) is 19.3 Å². The van der Waals surface area contributed by atoms with E-state index in [0.717, 1.165) is 5.56 Å². The van der Waals surface area contributed by atoms with Crippen molar-refractivity contribution in [1.29, 1.82) is 0 Å². The lowest BCUT2D eigenvalue weighted by Crippen LogP contribution is -2.49. The molecule has 2 aromatic rings. The van der Waals surface area contributed by atoms with Gasteiger partial charge in [0.1, 0.15) is 0 Å². The summed E-state index contributed by atoms with van der Waals surface area (Å²) in [7, 11) is 0. The minimum absolute atomic E-state index is 0.0638. The highest BCUT2D eigenvalue weighted by molar-refractivity contribution is 5.83. The summed E-state index contributed by atoms with van der Waals surface area (Å²) in [6.45, 7) is 3.65. The van der Waals surface area contributed by atoms with E-state index in [0.29, 0.717) is 0 Å². The van der Waals surface area contributed by atoms with E-state index in [2.05, 4.69) is 35.6 Å². The van der Waals surface area contributed by atoms with E-state index in [4.69, 9.17) is 0 Å². The van der Waals surface area contributed by atoms with Crippen LogP contribution in [-0.2, 0) is 0 Å². The lowest BCUT2D eigenvalue weighted by atomic mass is 9.98. The van der Waals surface area contributed by atoms with Gasteiger partial charge in [0.15, 0.2) is 0 Å². The SMILES string of the molecule is CC(NC(C)(CO)CO)c1ccc2ccccc2c1. The van der Waals surface area contributed by atoms with Crippen molar-refractivity contribution in [3.05, 3.63) is 48.0 Å². The maximum absolute atomic E-state index is 9.33. The molecule has 0 radical (unpaired) electrons. The van der Waals surface area contributed by atoms with Gasteiger partial charge in [-0.15, -0.1) is 0 Å². The van der Waals surface area contributed by atoms with Crippen LogP contribution >= 0.6 is 0 Å². The molecule has 0 spiro atoms. The highest BCUT2D eigenvalue weighted by Crippen LogP contribution is 2.21. The molecule has 1 unspecified atom stereocenters. The molecule has 0 bridgehead atoms. The first-order valence-electron chi connectivity index (χ1n) is 6.56. The first-order valence-corrected chi connectivity index (χ1v) is 6.56. The monoisotopic (exact) mass is 259 g/mol. The van der Waals surface area contributed by atoms with Crippen LogP contribution in [0.25, 0.3) is 10.8 Å². The number of aliphatic hydroxyl groups is 2. The van der Waals surface area contributed by atoms with E-state index in [1.54, 1.807) is 0 Å². The van der Waals surface area contributed by atoms with Crippen molar-refractivity contribution in [3.8, 4) is 0 Å². The van der Waals surface area contributed by atoms with Crippen molar-refractivity contribution in [2.45, 2.75) is 25.4 Å². The lowest BCUT2D eigenvalue weighted by molar-refractivity contribution is 0.0958. The number of nitrogens with one attached hydrogen (secondary N) is 1. The molecule has 0 fully saturated rings. The summed E-state index contributed by atoms with van der Waals surface area (Å²) in [5, 5.41) is 24.3. The Morgan fingerprint density at radius 2 is 1.68 bits per heavy atom. The summed E-state index contributed by atoms with van der Waals surface area (Å²) >= 11 is 0. The minimum Gasteiger partial charge on any atom is -0.394 e. The van der Waals surface area contributed by atoms with Crippen LogP contribution in [0.15, 0.2) is 42.5 Å². The average molecular weight is 259 g/mol. The summed E-state index contributed by atoms with van der Waals surface area (Å²) in [5.41, 5.74) is 0.484. The van der Waals surface area contributed by atoms with Gasteiger partial charge in [-0.2, -0.15) is 0 Å². The molecule has 3 nitrogen and oxygen atoms in total.